The van der Waals surface area contributed by atoms with E-state index in [0.29, 0.717) is 28.0 Å². The van der Waals surface area contributed by atoms with Crippen molar-refractivity contribution in [2.75, 3.05) is 36.5 Å². The third-order valence-electron chi connectivity index (χ3n) is 6.68. The van der Waals surface area contributed by atoms with E-state index in [9.17, 15) is 4.79 Å². The molecule has 2 saturated heterocycles. The van der Waals surface area contributed by atoms with Gasteiger partial charge in [0.1, 0.15) is 16.7 Å². The molecule has 2 fully saturated rings. The van der Waals surface area contributed by atoms with Crippen LogP contribution in [-0.4, -0.2) is 46.5 Å². The summed E-state index contributed by atoms with van der Waals surface area (Å²) in [5, 5.41) is 10.1. The summed E-state index contributed by atoms with van der Waals surface area (Å²) in [4.78, 5) is 24.2. The number of fused-ring (bicyclic) bond motifs is 1. The van der Waals surface area contributed by atoms with Gasteiger partial charge in [-0.05, 0) is 37.1 Å². The number of benzene rings is 2. The highest BCUT2D eigenvalue weighted by Gasteiger charge is 2.41. The molecule has 0 aliphatic carbocycles. The zero-order valence-electron chi connectivity index (χ0n) is 18.1. The minimum absolute atomic E-state index is 0.326. The van der Waals surface area contributed by atoms with Crippen molar-refractivity contribution >= 4 is 28.1 Å². The summed E-state index contributed by atoms with van der Waals surface area (Å²) in [6, 6.07) is 18.0. The lowest BCUT2D eigenvalue weighted by atomic mass is 9.77. The Balaban J connectivity index is 1.29. The Morgan fingerprint density at radius 2 is 1.73 bits per heavy atom. The first-order valence-corrected chi connectivity index (χ1v) is 11.2. The highest BCUT2D eigenvalue weighted by Crippen LogP contribution is 2.39. The summed E-state index contributed by atoms with van der Waals surface area (Å²) < 4.78 is 5.44. The minimum Gasteiger partial charge on any atom is -0.380 e. The first-order chi connectivity index (χ1) is 16.2. The SMILES string of the molecule is O=c1[nH]ncc2nc(-c3ccccc3)nc(Nc3ccc(N4CCC5(CC4)COC5)cc3)c12. The van der Waals surface area contributed by atoms with E-state index >= 15 is 0 Å². The summed E-state index contributed by atoms with van der Waals surface area (Å²) in [6.45, 7) is 3.93. The maximum atomic E-state index is 12.5. The normalized spacial score (nSPS) is 17.2. The second kappa shape index (κ2) is 7.97. The zero-order chi connectivity index (χ0) is 22.3. The van der Waals surface area contributed by atoms with Gasteiger partial charge in [0.05, 0.1) is 19.4 Å². The standard InChI is InChI=1S/C25H24N6O2/c32-24-21-20(14-26-30-24)28-22(17-4-2-1-3-5-17)29-23(21)27-18-6-8-19(9-7-18)31-12-10-25(11-13-31)15-33-16-25/h1-9,14H,10-13,15-16H2,(H,30,32)(H,27,28,29). The first-order valence-electron chi connectivity index (χ1n) is 11.2. The van der Waals surface area contributed by atoms with Gasteiger partial charge >= 0.3 is 0 Å². The van der Waals surface area contributed by atoms with Crippen molar-refractivity contribution in [3.63, 3.8) is 0 Å². The number of ether oxygens (including phenoxy) is 1. The third-order valence-corrected chi connectivity index (χ3v) is 6.68. The Labute approximate surface area is 190 Å². The zero-order valence-corrected chi connectivity index (χ0v) is 18.1. The highest BCUT2D eigenvalue weighted by molar-refractivity contribution is 5.91. The van der Waals surface area contributed by atoms with E-state index in [1.807, 2.05) is 42.5 Å². The number of nitrogens with one attached hydrogen (secondary N) is 2. The molecule has 8 nitrogen and oxygen atoms in total. The van der Waals surface area contributed by atoms with Gasteiger partial charge in [-0.3, -0.25) is 4.79 Å². The smallest absolute Gasteiger partial charge is 0.277 e. The van der Waals surface area contributed by atoms with Gasteiger partial charge in [0.25, 0.3) is 5.56 Å². The number of H-pyrrole nitrogens is 1. The van der Waals surface area contributed by atoms with Gasteiger partial charge in [-0.1, -0.05) is 30.3 Å². The number of rotatable bonds is 4. The molecule has 0 radical (unpaired) electrons. The van der Waals surface area contributed by atoms with Crippen LogP contribution in [0.5, 0.6) is 0 Å². The van der Waals surface area contributed by atoms with E-state index in [0.717, 1.165) is 37.6 Å². The summed E-state index contributed by atoms with van der Waals surface area (Å²) in [7, 11) is 0. The lowest BCUT2D eigenvalue weighted by Crippen LogP contribution is -2.50. The molecule has 0 saturated carbocycles. The molecule has 0 atom stereocenters. The maximum Gasteiger partial charge on any atom is 0.277 e. The van der Waals surface area contributed by atoms with Crippen LogP contribution in [0.4, 0.5) is 17.2 Å². The Morgan fingerprint density at radius 3 is 2.42 bits per heavy atom. The van der Waals surface area contributed by atoms with Gasteiger partial charge in [-0.25, -0.2) is 15.1 Å². The molecular formula is C25H24N6O2. The molecule has 0 unspecified atom stereocenters. The molecule has 6 rings (SSSR count). The number of piperidine rings is 1. The minimum atomic E-state index is -0.326. The average molecular weight is 441 g/mol. The first kappa shape index (κ1) is 19.9. The summed E-state index contributed by atoms with van der Waals surface area (Å²) >= 11 is 0. The number of aromatic nitrogens is 4. The van der Waals surface area contributed by atoms with E-state index in [-0.39, 0.29) is 5.56 Å². The van der Waals surface area contributed by atoms with E-state index < -0.39 is 0 Å². The van der Waals surface area contributed by atoms with Gasteiger partial charge in [-0.2, -0.15) is 5.10 Å². The molecule has 2 N–H and O–H groups in total. The molecule has 0 bridgehead atoms. The van der Waals surface area contributed by atoms with Gasteiger partial charge in [0.15, 0.2) is 5.82 Å². The van der Waals surface area contributed by atoms with E-state index in [1.165, 1.54) is 18.5 Å². The van der Waals surface area contributed by atoms with Crippen molar-refractivity contribution in [2.24, 2.45) is 5.41 Å². The number of aromatic amines is 1. The van der Waals surface area contributed by atoms with Crippen LogP contribution in [0.15, 0.2) is 65.6 Å². The number of nitrogens with zero attached hydrogens (tertiary/aromatic N) is 4. The molecule has 4 aromatic rings. The molecular weight excluding hydrogens is 416 g/mol. The second-order valence-corrected chi connectivity index (χ2v) is 8.87. The third kappa shape index (κ3) is 3.72. The van der Waals surface area contributed by atoms with E-state index in [4.69, 9.17) is 4.74 Å². The maximum absolute atomic E-state index is 12.5. The fourth-order valence-electron chi connectivity index (χ4n) is 4.62. The topological polar surface area (TPSA) is 96.0 Å². The van der Waals surface area contributed by atoms with Crippen molar-refractivity contribution in [1.82, 2.24) is 20.2 Å². The largest absolute Gasteiger partial charge is 0.380 e. The van der Waals surface area contributed by atoms with Gasteiger partial charge in [0, 0.05) is 35.4 Å². The molecule has 2 aromatic carbocycles. The molecule has 166 valence electrons. The van der Waals surface area contributed by atoms with Crippen LogP contribution in [0.25, 0.3) is 22.3 Å². The second-order valence-electron chi connectivity index (χ2n) is 8.87. The predicted molar refractivity (Wildman–Crippen MR) is 128 cm³/mol. The van der Waals surface area contributed by atoms with Gasteiger partial charge in [-0.15, -0.1) is 0 Å². The van der Waals surface area contributed by atoms with Crippen molar-refractivity contribution in [1.29, 1.82) is 0 Å². The Hall–Kier alpha value is -3.78. The van der Waals surface area contributed by atoms with Crippen molar-refractivity contribution in [3.05, 3.63) is 71.1 Å². The molecule has 2 aliphatic heterocycles. The molecule has 8 heteroatoms. The van der Waals surface area contributed by atoms with Crippen LogP contribution in [0.2, 0.25) is 0 Å². The molecule has 2 aromatic heterocycles. The lowest BCUT2D eigenvalue weighted by molar-refractivity contribution is -0.124. The molecule has 4 heterocycles. The van der Waals surface area contributed by atoms with Crippen LogP contribution < -0.4 is 15.8 Å². The van der Waals surface area contributed by atoms with Crippen molar-refractivity contribution < 1.29 is 4.74 Å². The number of hydrogen-bond donors (Lipinski definition) is 2. The summed E-state index contributed by atoms with van der Waals surface area (Å²) in [5.74, 6) is 0.997. The molecule has 2 aliphatic rings. The fraction of sp³-hybridized carbons (Fsp3) is 0.280. The number of hydrogen-bond acceptors (Lipinski definition) is 7. The van der Waals surface area contributed by atoms with Crippen LogP contribution in [-0.2, 0) is 4.74 Å². The highest BCUT2D eigenvalue weighted by atomic mass is 16.5. The van der Waals surface area contributed by atoms with E-state index in [1.54, 1.807) is 6.20 Å². The molecule has 1 spiro atoms. The Kier molecular flexibility index (Phi) is 4.80. The quantitative estimate of drug-likeness (QED) is 0.499. The van der Waals surface area contributed by atoms with Crippen LogP contribution in [0, 0.1) is 5.41 Å². The molecule has 33 heavy (non-hydrogen) atoms. The van der Waals surface area contributed by atoms with Crippen molar-refractivity contribution in [2.45, 2.75) is 12.8 Å². The Bertz CT molecular complexity index is 1340. The van der Waals surface area contributed by atoms with Crippen LogP contribution in [0.1, 0.15) is 12.8 Å². The van der Waals surface area contributed by atoms with Crippen LogP contribution >= 0.6 is 0 Å². The van der Waals surface area contributed by atoms with Gasteiger partial charge in [0.2, 0.25) is 0 Å². The summed E-state index contributed by atoms with van der Waals surface area (Å²) in [5.41, 5.74) is 3.52. The summed E-state index contributed by atoms with van der Waals surface area (Å²) in [6.07, 6.45) is 3.91. The van der Waals surface area contributed by atoms with Gasteiger partial charge < -0.3 is 15.0 Å². The van der Waals surface area contributed by atoms with Crippen LogP contribution in [0.3, 0.4) is 0 Å². The fourth-order valence-corrected chi connectivity index (χ4v) is 4.62. The monoisotopic (exact) mass is 440 g/mol. The number of anilines is 3. The molecule has 0 amide bonds. The van der Waals surface area contributed by atoms with Crippen molar-refractivity contribution in [3.8, 4) is 11.4 Å². The average Bonchev–Trinajstić information content (AvgIpc) is 2.84. The van der Waals surface area contributed by atoms with E-state index in [2.05, 4.69) is 42.5 Å². The lowest BCUT2D eigenvalue weighted by Gasteiger charge is -2.47. The Morgan fingerprint density at radius 1 is 0.970 bits per heavy atom. The predicted octanol–water partition coefficient (Wildman–Crippen LogP) is 3.74.